The van der Waals surface area contributed by atoms with Gasteiger partial charge < -0.3 is 4.74 Å². The Balaban J connectivity index is 1.81. The lowest BCUT2D eigenvalue weighted by Gasteiger charge is -2.01. The van der Waals surface area contributed by atoms with E-state index < -0.39 is 0 Å². The Hall–Kier alpha value is -1.36. The van der Waals surface area contributed by atoms with E-state index in [0.717, 1.165) is 15.9 Å². The third-order valence-corrected chi connectivity index (χ3v) is 3.18. The summed E-state index contributed by atoms with van der Waals surface area (Å²) < 4.78 is 8.64. The van der Waals surface area contributed by atoms with Crippen molar-refractivity contribution in [3.63, 3.8) is 0 Å². The van der Waals surface area contributed by atoms with Crippen LogP contribution >= 0.6 is 15.9 Å². The minimum atomic E-state index is 0.573. The third-order valence-electron chi connectivity index (χ3n) is 2.71. The van der Waals surface area contributed by atoms with Crippen LogP contribution in [0.15, 0.2) is 29.0 Å². The molecule has 0 bridgehead atoms. The smallest absolute Gasteiger partial charge is 0.219 e. The molecule has 4 nitrogen and oxygen atoms in total. The normalized spacial score (nSPS) is 14.9. The molecule has 2 aromatic heterocycles. The average Bonchev–Trinajstić information content (AvgIpc) is 3.09. The molecule has 0 aromatic carbocycles. The summed E-state index contributed by atoms with van der Waals surface area (Å²) in [6, 6.07) is 4.31. The summed E-state index contributed by atoms with van der Waals surface area (Å²) in [6.45, 7) is 1.95. The first-order valence-corrected chi connectivity index (χ1v) is 6.37. The van der Waals surface area contributed by atoms with Gasteiger partial charge in [-0.3, -0.25) is 4.68 Å². The lowest BCUT2D eigenvalue weighted by molar-refractivity contribution is 0.458. The van der Waals surface area contributed by atoms with Crippen LogP contribution in [0.3, 0.4) is 0 Å². The molecular weight excluding hydrogens is 282 g/mol. The van der Waals surface area contributed by atoms with Crippen LogP contribution in [0.2, 0.25) is 0 Å². The SMILES string of the molecule is Cc1nn(C2CC2)cc1Oc1ccc(Br)cn1. The van der Waals surface area contributed by atoms with E-state index in [0.29, 0.717) is 11.9 Å². The van der Waals surface area contributed by atoms with Crippen molar-refractivity contribution in [2.75, 3.05) is 0 Å². The molecule has 0 amide bonds. The Bertz CT molecular complexity index is 531. The van der Waals surface area contributed by atoms with E-state index >= 15 is 0 Å². The van der Waals surface area contributed by atoms with E-state index in [9.17, 15) is 0 Å². The van der Waals surface area contributed by atoms with Gasteiger partial charge in [-0.25, -0.2) is 4.98 Å². The van der Waals surface area contributed by atoms with Crippen molar-refractivity contribution < 1.29 is 4.74 Å². The highest BCUT2D eigenvalue weighted by atomic mass is 79.9. The zero-order valence-electron chi connectivity index (χ0n) is 9.43. The van der Waals surface area contributed by atoms with Gasteiger partial charge in [0, 0.05) is 16.7 Å². The molecular formula is C12H12BrN3O. The monoisotopic (exact) mass is 293 g/mol. The van der Waals surface area contributed by atoms with Gasteiger partial charge in [0.05, 0.1) is 12.2 Å². The van der Waals surface area contributed by atoms with Gasteiger partial charge in [-0.2, -0.15) is 5.10 Å². The van der Waals surface area contributed by atoms with Gasteiger partial charge in [0.15, 0.2) is 5.75 Å². The molecule has 0 aliphatic heterocycles. The molecule has 0 N–H and O–H groups in total. The van der Waals surface area contributed by atoms with Gasteiger partial charge in [0.25, 0.3) is 0 Å². The van der Waals surface area contributed by atoms with Crippen molar-refractivity contribution in [1.82, 2.24) is 14.8 Å². The Morgan fingerprint density at radius 2 is 2.24 bits per heavy atom. The van der Waals surface area contributed by atoms with Crippen molar-refractivity contribution in [2.45, 2.75) is 25.8 Å². The number of ether oxygens (including phenoxy) is 1. The number of hydrogen-bond donors (Lipinski definition) is 0. The Morgan fingerprint density at radius 3 is 2.88 bits per heavy atom. The summed E-state index contributed by atoms with van der Waals surface area (Å²) in [6.07, 6.45) is 6.11. The van der Waals surface area contributed by atoms with Gasteiger partial charge in [0.1, 0.15) is 5.69 Å². The van der Waals surface area contributed by atoms with Crippen molar-refractivity contribution in [1.29, 1.82) is 0 Å². The van der Waals surface area contributed by atoms with Crippen LogP contribution in [0.5, 0.6) is 11.6 Å². The fourth-order valence-electron chi connectivity index (χ4n) is 1.63. The lowest BCUT2D eigenvalue weighted by Crippen LogP contribution is -1.93. The van der Waals surface area contributed by atoms with Crippen LogP contribution in [0.25, 0.3) is 0 Å². The number of aryl methyl sites for hydroxylation is 1. The number of aromatic nitrogens is 3. The number of pyridine rings is 1. The molecule has 1 aliphatic carbocycles. The number of halogens is 1. The standard InChI is InChI=1S/C12H12BrN3O/c1-8-11(7-16(15-8)10-3-4-10)17-12-5-2-9(13)6-14-12/h2,5-7,10H,3-4H2,1H3. The first-order chi connectivity index (χ1) is 8.22. The highest BCUT2D eigenvalue weighted by Crippen LogP contribution is 2.36. The van der Waals surface area contributed by atoms with Crippen molar-refractivity contribution in [2.24, 2.45) is 0 Å². The van der Waals surface area contributed by atoms with Crippen molar-refractivity contribution in [3.8, 4) is 11.6 Å². The summed E-state index contributed by atoms with van der Waals surface area (Å²) in [7, 11) is 0. The molecule has 1 fully saturated rings. The van der Waals surface area contributed by atoms with E-state index in [-0.39, 0.29) is 0 Å². The van der Waals surface area contributed by atoms with E-state index in [1.807, 2.05) is 29.9 Å². The molecule has 0 spiro atoms. The predicted octanol–water partition coefficient (Wildman–Crippen LogP) is 3.48. The van der Waals surface area contributed by atoms with Gasteiger partial charge in [-0.15, -0.1) is 0 Å². The van der Waals surface area contributed by atoms with Crippen LogP contribution in [0, 0.1) is 6.92 Å². The fraction of sp³-hybridized carbons (Fsp3) is 0.333. The molecule has 2 heterocycles. The molecule has 0 radical (unpaired) electrons. The largest absolute Gasteiger partial charge is 0.435 e. The molecule has 0 atom stereocenters. The van der Waals surface area contributed by atoms with Crippen LogP contribution in [-0.4, -0.2) is 14.8 Å². The molecule has 1 aliphatic rings. The van der Waals surface area contributed by atoms with Crippen LogP contribution in [0.4, 0.5) is 0 Å². The van der Waals surface area contributed by atoms with Crippen molar-refractivity contribution >= 4 is 15.9 Å². The maximum Gasteiger partial charge on any atom is 0.219 e. The summed E-state index contributed by atoms with van der Waals surface area (Å²) in [5.74, 6) is 1.37. The summed E-state index contributed by atoms with van der Waals surface area (Å²) in [5, 5.41) is 4.44. The topological polar surface area (TPSA) is 39.9 Å². The molecule has 1 saturated carbocycles. The fourth-order valence-corrected chi connectivity index (χ4v) is 1.86. The molecule has 3 rings (SSSR count). The van der Waals surface area contributed by atoms with Crippen molar-refractivity contribution in [3.05, 3.63) is 34.7 Å². The molecule has 17 heavy (non-hydrogen) atoms. The average molecular weight is 294 g/mol. The maximum atomic E-state index is 5.71. The highest BCUT2D eigenvalue weighted by Gasteiger charge is 2.25. The summed E-state index contributed by atoms with van der Waals surface area (Å²) in [4.78, 5) is 4.18. The third kappa shape index (κ3) is 2.34. The van der Waals surface area contributed by atoms with Crippen LogP contribution in [-0.2, 0) is 0 Å². The predicted molar refractivity (Wildman–Crippen MR) is 67.2 cm³/mol. The van der Waals surface area contributed by atoms with Gasteiger partial charge in [-0.05, 0) is 41.8 Å². The second-order valence-electron chi connectivity index (χ2n) is 4.21. The van der Waals surface area contributed by atoms with E-state index in [1.165, 1.54) is 12.8 Å². The van der Waals surface area contributed by atoms with E-state index in [2.05, 4.69) is 26.0 Å². The molecule has 5 heteroatoms. The van der Waals surface area contributed by atoms with Gasteiger partial charge in [-0.1, -0.05) is 0 Å². The quantitative estimate of drug-likeness (QED) is 0.870. The first kappa shape index (κ1) is 10.8. The zero-order chi connectivity index (χ0) is 11.8. The first-order valence-electron chi connectivity index (χ1n) is 5.57. The second kappa shape index (κ2) is 4.14. The van der Waals surface area contributed by atoms with Crippen LogP contribution < -0.4 is 4.74 Å². The Kier molecular flexibility index (Phi) is 2.63. The molecule has 0 saturated heterocycles. The summed E-state index contributed by atoms with van der Waals surface area (Å²) >= 11 is 3.34. The Morgan fingerprint density at radius 1 is 1.41 bits per heavy atom. The molecule has 2 aromatic rings. The highest BCUT2D eigenvalue weighted by molar-refractivity contribution is 9.10. The molecule has 88 valence electrons. The van der Waals surface area contributed by atoms with E-state index in [1.54, 1.807) is 6.20 Å². The van der Waals surface area contributed by atoms with Gasteiger partial charge >= 0.3 is 0 Å². The minimum absolute atomic E-state index is 0.573. The summed E-state index contributed by atoms with van der Waals surface area (Å²) in [5.41, 5.74) is 0.904. The van der Waals surface area contributed by atoms with Gasteiger partial charge in [0.2, 0.25) is 5.88 Å². The van der Waals surface area contributed by atoms with Crippen LogP contribution in [0.1, 0.15) is 24.6 Å². The Labute approximate surface area is 108 Å². The zero-order valence-corrected chi connectivity index (χ0v) is 11.0. The number of hydrogen-bond acceptors (Lipinski definition) is 3. The molecule has 0 unspecified atom stereocenters. The maximum absolute atomic E-state index is 5.71. The minimum Gasteiger partial charge on any atom is -0.435 e. The lowest BCUT2D eigenvalue weighted by atomic mass is 10.4. The number of rotatable bonds is 3. The second-order valence-corrected chi connectivity index (χ2v) is 5.12. The number of nitrogens with zero attached hydrogens (tertiary/aromatic N) is 3. The van der Waals surface area contributed by atoms with E-state index in [4.69, 9.17) is 4.74 Å².